The third kappa shape index (κ3) is 3.91. The summed E-state index contributed by atoms with van der Waals surface area (Å²) in [5, 5.41) is 2.83. The van der Waals surface area contributed by atoms with E-state index in [9.17, 15) is 9.59 Å². The summed E-state index contributed by atoms with van der Waals surface area (Å²) in [7, 11) is 3.39. The lowest BCUT2D eigenvalue weighted by Gasteiger charge is -2.24. The molecule has 1 atom stereocenters. The number of urea groups is 1. The van der Waals surface area contributed by atoms with E-state index in [0.29, 0.717) is 11.4 Å². The molecule has 0 spiro atoms. The van der Waals surface area contributed by atoms with Crippen molar-refractivity contribution >= 4 is 23.3 Å². The molecule has 2 aromatic rings. The summed E-state index contributed by atoms with van der Waals surface area (Å²) in [4.78, 5) is 26.9. The summed E-state index contributed by atoms with van der Waals surface area (Å²) in [6.07, 6.45) is 1.58. The number of nitrogens with zero attached hydrogens (tertiary/aromatic N) is 2. The van der Waals surface area contributed by atoms with Gasteiger partial charge in [0.1, 0.15) is 5.76 Å². The maximum Gasteiger partial charge on any atom is 0.322 e. The SMILES string of the molecule is CC(=O)N(C)c1cccc(NC(=O)N(C)[C@H](C)c2ccco2)c1. The van der Waals surface area contributed by atoms with E-state index in [4.69, 9.17) is 4.42 Å². The summed E-state index contributed by atoms with van der Waals surface area (Å²) >= 11 is 0. The molecule has 1 aromatic heterocycles. The lowest BCUT2D eigenvalue weighted by atomic mass is 10.2. The van der Waals surface area contributed by atoms with Gasteiger partial charge in [0, 0.05) is 32.4 Å². The highest BCUT2D eigenvalue weighted by molar-refractivity contribution is 5.93. The van der Waals surface area contributed by atoms with E-state index in [2.05, 4.69) is 5.32 Å². The number of hydrogen-bond acceptors (Lipinski definition) is 3. The van der Waals surface area contributed by atoms with Crippen LogP contribution in [0.3, 0.4) is 0 Å². The van der Waals surface area contributed by atoms with Crippen molar-refractivity contribution in [2.45, 2.75) is 19.9 Å². The molecule has 1 aromatic carbocycles. The molecule has 1 N–H and O–H groups in total. The molecular weight excluding hydrogens is 294 g/mol. The van der Waals surface area contributed by atoms with Crippen LogP contribution in [0.1, 0.15) is 25.6 Å². The molecule has 0 aliphatic rings. The molecular formula is C17H21N3O3. The molecule has 23 heavy (non-hydrogen) atoms. The van der Waals surface area contributed by atoms with E-state index in [1.54, 1.807) is 49.5 Å². The van der Waals surface area contributed by atoms with Crippen molar-refractivity contribution in [3.8, 4) is 0 Å². The fourth-order valence-corrected chi connectivity index (χ4v) is 2.08. The number of hydrogen-bond donors (Lipinski definition) is 1. The highest BCUT2D eigenvalue weighted by Gasteiger charge is 2.19. The van der Waals surface area contributed by atoms with Gasteiger partial charge in [0.05, 0.1) is 12.3 Å². The smallest absolute Gasteiger partial charge is 0.322 e. The topological polar surface area (TPSA) is 65.8 Å². The average molecular weight is 315 g/mol. The van der Waals surface area contributed by atoms with Crippen LogP contribution in [0.4, 0.5) is 16.2 Å². The number of carbonyl (C=O) groups excluding carboxylic acids is 2. The van der Waals surface area contributed by atoms with Crippen molar-refractivity contribution in [1.82, 2.24) is 4.90 Å². The van der Waals surface area contributed by atoms with Crippen LogP contribution in [0.2, 0.25) is 0 Å². The van der Waals surface area contributed by atoms with Gasteiger partial charge in [0.25, 0.3) is 0 Å². The van der Waals surface area contributed by atoms with E-state index in [1.165, 1.54) is 11.8 Å². The number of rotatable bonds is 4. The molecule has 0 aliphatic carbocycles. The highest BCUT2D eigenvalue weighted by atomic mass is 16.3. The van der Waals surface area contributed by atoms with E-state index >= 15 is 0 Å². The first-order valence-electron chi connectivity index (χ1n) is 7.31. The van der Waals surface area contributed by atoms with Gasteiger partial charge in [-0.3, -0.25) is 4.79 Å². The maximum absolute atomic E-state index is 12.4. The second-order valence-electron chi connectivity index (χ2n) is 5.36. The molecule has 0 fully saturated rings. The standard InChI is InChI=1S/C17H21N3O3/c1-12(16-9-6-10-23-16)19(3)17(22)18-14-7-5-8-15(11-14)20(4)13(2)21/h5-12H,1-4H3,(H,18,22)/t12-/m1/s1. The molecule has 0 bridgehead atoms. The second-order valence-corrected chi connectivity index (χ2v) is 5.36. The second kappa shape index (κ2) is 7.00. The molecule has 0 aliphatic heterocycles. The molecule has 6 heteroatoms. The minimum Gasteiger partial charge on any atom is -0.467 e. The quantitative estimate of drug-likeness (QED) is 0.939. The van der Waals surface area contributed by atoms with Crippen LogP contribution in [0, 0.1) is 0 Å². The third-order valence-electron chi connectivity index (χ3n) is 3.81. The summed E-state index contributed by atoms with van der Waals surface area (Å²) in [5.41, 5.74) is 1.34. The Balaban J connectivity index is 2.08. The van der Waals surface area contributed by atoms with Gasteiger partial charge in [-0.25, -0.2) is 4.79 Å². The van der Waals surface area contributed by atoms with Gasteiger partial charge in [-0.15, -0.1) is 0 Å². The zero-order chi connectivity index (χ0) is 17.0. The van der Waals surface area contributed by atoms with Gasteiger partial charge in [0.2, 0.25) is 5.91 Å². The van der Waals surface area contributed by atoms with Crippen LogP contribution in [0.15, 0.2) is 47.1 Å². The van der Waals surface area contributed by atoms with Gasteiger partial charge in [-0.05, 0) is 37.3 Å². The average Bonchev–Trinajstić information content (AvgIpc) is 3.07. The number of carbonyl (C=O) groups is 2. The number of anilines is 2. The van der Waals surface area contributed by atoms with Crippen LogP contribution in [0.5, 0.6) is 0 Å². The molecule has 6 nitrogen and oxygen atoms in total. The van der Waals surface area contributed by atoms with Crippen LogP contribution >= 0.6 is 0 Å². The molecule has 3 amide bonds. The zero-order valence-electron chi connectivity index (χ0n) is 13.7. The Morgan fingerprint density at radius 2 is 1.91 bits per heavy atom. The Bertz CT molecular complexity index is 682. The van der Waals surface area contributed by atoms with Crippen molar-refractivity contribution in [3.63, 3.8) is 0 Å². The van der Waals surface area contributed by atoms with Crippen LogP contribution in [-0.4, -0.2) is 30.9 Å². The molecule has 122 valence electrons. The first-order valence-corrected chi connectivity index (χ1v) is 7.31. The fraction of sp³-hybridized carbons (Fsp3) is 0.294. The Morgan fingerprint density at radius 1 is 1.17 bits per heavy atom. The Hall–Kier alpha value is -2.76. The lowest BCUT2D eigenvalue weighted by molar-refractivity contribution is -0.116. The predicted molar refractivity (Wildman–Crippen MR) is 89.4 cm³/mol. The first kappa shape index (κ1) is 16.6. The molecule has 2 rings (SSSR count). The largest absolute Gasteiger partial charge is 0.467 e. The summed E-state index contributed by atoms with van der Waals surface area (Å²) in [6, 6.07) is 10.3. The normalized spacial score (nSPS) is 11.7. The van der Waals surface area contributed by atoms with E-state index in [0.717, 1.165) is 5.69 Å². The number of amides is 3. The number of furan rings is 1. The fourth-order valence-electron chi connectivity index (χ4n) is 2.08. The van der Waals surface area contributed by atoms with Crippen LogP contribution in [0.25, 0.3) is 0 Å². The van der Waals surface area contributed by atoms with Gasteiger partial charge in [-0.2, -0.15) is 0 Å². The van der Waals surface area contributed by atoms with Gasteiger partial charge in [-0.1, -0.05) is 6.07 Å². The number of nitrogens with one attached hydrogen (secondary N) is 1. The highest BCUT2D eigenvalue weighted by Crippen LogP contribution is 2.22. The molecule has 0 radical (unpaired) electrons. The monoisotopic (exact) mass is 315 g/mol. The Morgan fingerprint density at radius 3 is 2.52 bits per heavy atom. The predicted octanol–water partition coefficient (Wildman–Crippen LogP) is 3.49. The van der Waals surface area contributed by atoms with Crippen molar-refractivity contribution in [3.05, 3.63) is 48.4 Å². The minimum atomic E-state index is -0.253. The Kier molecular flexibility index (Phi) is 5.05. The van der Waals surface area contributed by atoms with E-state index < -0.39 is 0 Å². The zero-order valence-corrected chi connectivity index (χ0v) is 13.7. The summed E-state index contributed by atoms with van der Waals surface area (Å²) in [5.74, 6) is 0.643. The molecule has 0 saturated carbocycles. The van der Waals surface area contributed by atoms with Gasteiger partial charge >= 0.3 is 6.03 Å². The van der Waals surface area contributed by atoms with E-state index in [-0.39, 0.29) is 18.0 Å². The van der Waals surface area contributed by atoms with Crippen molar-refractivity contribution in [1.29, 1.82) is 0 Å². The van der Waals surface area contributed by atoms with Crippen molar-refractivity contribution in [2.24, 2.45) is 0 Å². The van der Waals surface area contributed by atoms with Gasteiger partial charge < -0.3 is 19.5 Å². The summed E-state index contributed by atoms with van der Waals surface area (Å²) < 4.78 is 5.33. The summed E-state index contributed by atoms with van der Waals surface area (Å²) in [6.45, 7) is 3.38. The molecule has 1 heterocycles. The van der Waals surface area contributed by atoms with E-state index in [1.807, 2.05) is 19.1 Å². The van der Waals surface area contributed by atoms with Crippen LogP contribution < -0.4 is 10.2 Å². The molecule has 0 unspecified atom stereocenters. The van der Waals surface area contributed by atoms with Crippen molar-refractivity contribution in [2.75, 3.05) is 24.3 Å². The maximum atomic E-state index is 12.4. The van der Waals surface area contributed by atoms with Crippen LogP contribution in [-0.2, 0) is 4.79 Å². The van der Waals surface area contributed by atoms with Crippen molar-refractivity contribution < 1.29 is 14.0 Å². The number of benzene rings is 1. The van der Waals surface area contributed by atoms with Gasteiger partial charge in [0.15, 0.2) is 0 Å². The minimum absolute atomic E-state index is 0.0722. The lowest BCUT2D eigenvalue weighted by Crippen LogP contribution is -2.33. The Labute approximate surface area is 135 Å². The third-order valence-corrected chi connectivity index (χ3v) is 3.81. The molecule has 0 saturated heterocycles. The first-order chi connectivity index (χ1) is 10.9.